The maximum absolute atomic E-state index is 13.1. The van der Waals surface area contributed by atoms with Gasteiger partial charge in [0.05, 0.1) is 11.6 Å². The molecule has 1 N–H and O–H groups in total. The van der Waals surface area contributed by atoms with Crippen LogP contribution in [0.25, 0.3) is 5.76 Å². The van der Waals surface area contributed by atoms with Gasteiger partial charge in [0.2, 0.25) is 0 Å². The summed E-state index contributed by atoms with van der Waals surface area (Å²) in [7, 11) is 3.79. The summed E-state index contributed by atoms with van der Waals surface area (Å²) in [5.41, 5.74) is 1.19. The predicted octanol–water partition coefficient (Wildman–Crippen LogP) is 3.80. The highest BCUT2D eigenvalue weighted by Gasteiger charge is 2.45. The Balaban J connectivity index is 2.03. The van der Waals surface area contributed by atoms with Crippen LogP contribution >= 0.6 is 0 Å². The molecule has 0 aromatic heterocycles. The van der Waals surface area contributed by atoms with Crippen LogP contribution < -0.4 is 9.47 Å². The first-order chi connectivity index (χ1) is 16.4. The molecule has 0 spiro atoms. The number of benzene rings is 2. The zero-order valence-electron chi connectivity index (χ0n) is 19.6. The third kappa shape index (κ3) is 5.55. The second kappa shape index (κ2) is 11.3. The molecule has 1 heterocycles. The van der Waals surface area contributed by atoms with Gasteiger partial charge in [0.25, 0.3) is 11.7 Å². The first-order valence-corrected chi connectivity index (χ1v) is 11.0. The number of likely N-dealkylation sites (tertiary alicyclic amines) is 1. The quantitative estimate of drug-likeness (QED) is 0.237. The van der Waals surface area contributed by atoms with Crippen molar-refractivity contribution in [3.05, 3.63) is 90.5 Å². The van der Waals surface area contributed by atoms with Gasteiger partial charge in [-0.05, 0) is 56.1 Å². The van der Waals surface area contributed by atoms with Crippen molar-refractivity contribution >= 4 is 17.4 Å². The van der Waals surface area contributed by atoms with Crippen LogP contribution in [0.1, 0.15) is 17.2 Å². The number of nitrogens with zero attached hydrogens (tertiary/aromatic N) is 2. The summed E-state index contributed by atoms with van der Waals surface area (Å²) in [6.45, 7) is 8.89. The number of carbonyl (C=O) groups excluding carboxylic acids is 2. The summed E-state index contributed by atoms with van der Waals surface area (Å²) in [4.78, 5) is 29.5. The van der Waals surface area contributed by atoms with Crippen LogP contribution in [0.4, 0.5) is 0 Å². The van der Waals surface area contributed by atoms with Crippen LogP contribution in [-0.2, 0) is 9.59 Å². The van der Waals surface area contributed by atoms with E-state index in [0.29, 0.717) is 48.9 Å². The zero-order chi connectivity index (χ0) is 24.7. The van der Waals surface area contributed by atoms with Crippen molar-refractivity contribution < 1.29 is 24.2 Å². The second-order valence-corrected chi connectivity index (χ2v) is 8.09. The van der Waals surface area contributed by atoms with E-state index in [-0.39, 0.29) is 11.3 Å². The lowest BCUT2D eigenvalue weighted by atomic mass is 9.95. The van der Waals surface area contributed by atoms with Gasteiger partial charge in [-0.3, -0.25) is 9.59 Å². The van der Waals surface area contributed by atoms with Gasteiger partial charge in [-0.15, -0.1) is 0 Å². The number of carbonyl (C=O) groups is 2. The van der Waals surface area contributed by atoms with E-state index in [1.165, 1.54) is 4.90 Å². The number of rotatable bonds is 11. The van der Waals surface area contributed by atoms with Gasteiger partial charge < -0.3 is 24.4 Å². The summed E-state index contributed by atoms with van der Waals surface area (Å²) < 4.78 is 11.0. The van der Waals surface area contributed by atoms with E-state index < -0.39 is 17.7 Å². The van der Waals surface area contributed by atoms with Crippen LogP contribution in [0.15, 0.2) is 79.4 Å². The van der Waals surface area contributed by atoms with Crippen LogP contribution in [-0.4, -0.2) is 67.0 Å². The topological polar surface area (TPSA) is 79.3 Å². The molecule has 7 heteroatoms. The van der Waals surface area contributed by atoms with Crippen molar-refractivity contribution in [1.82, 2.24) is 9.80 Å². The van der Waals surface area contributed by atoms with E-state index in [4.69, 9.17) is 9.47 Å². The molecule has 0 saturated carbocycles. The van der Waals surface area contributed by atoms with Crippen molar-refractivity contribution in [3.63, 3.8) is 0 Å². The number of hydrogen-bond acceptors (Lipinski definition) is 6. The Labute approximate surface area is 200 Å². The molecule has 0 aliphatic carbocycles. The van der Waals surface area contributed by atoms with Gasteiger partial charge in [0.1, 0.15) is 30.5 Å². The fraction of sp³-hybridized carbons (Fsp3) is 0.259. The Morgan fingerprint density at radius 2 is 1.50 bits per heavy atom. The molecule has 0 bridgehead atoms. The average Bonchev–Trinajstić information content (AvgIpc) is 3.10. The maximum Gasteiger partial charge on any atom is 0.295 e. The highest BCUT2D eigenvalue weighted by molar-refractivity contribution is 6.46. The van der Waals surface area contributed by atoms with Crippen LogP contribution in [0, 0.1) is 0 Å². The van der Waals surface area contributed by atoms with Gasteiger partial charge in [-0.25, -0.2) is 0 Å². The van der Waals surface area contributed by atoms with Gasteiger partial charge in [-0.1, -0.05) is 37.4 Å². The van der Waals surface area contributed by atoms with E-state index in [1.807, 2.05) is 19.0 Å². The molecule has 2 aromatic rings. The fourth-order valence-electron chi connectivity index (χ4n) is 3.69. The molecule has 1 fully saturated rings. The number of likely N-dealkylation sites (N-methyl/N-ethyl adjacent to an activating group) is 1. The van der Waals surface area contributed by atoms with Crippen molar-refractivity contribution in [1.29, 1.82) is 0 Å². The Bertz CT molecular complexity index is 1070. The van der Waals surface area contributed by atoms with Gasteiger partial charge in [0.15, 0.2) is 0 Å². The van der Waals surface area contributed by atoms with Gasteiger partial charge in [-0.2, -0.15) is 0 Å². The molecule has 3 rings (SSSR count). The van der Waals surface area contributed by atoms with E-state index in [1.54, 1.807) is 60.7 Å². The van der Waals surface area contributed by atoms with Crippen molar-refractivity contribution in [2.75, 3.05) is 40.4 Å². The molecule has 1 amide bonds. The van der Waals surface area contributed by atoms with Crippen molar-refractivity contribution in [2.24, 2.45) is 0 Å². The third-order valence-corrected chi connectivity index (χ3v) is 5.39. The highest BCUT2D eigenvalue weighted by Crippen LogP contribution is 2.39. The first-order valence-electron chi connectivity index (χ1n) is 11.0. The lowest BCUT2D eigenvalue weighted by Crippen LogP contribution is -2.35. The smallest absolute Gasteiger partial charge is 0.295 e. The first kappa shape index (κ1) is 24.8. The number of hydrogen-bond donors (Lipinski definition) is 1. The number of ketones is 1. The molecule has 2 aromatic carbocycles. The zero-order valence-corrected chi connectivity index (χ0v) is 19.6. The molecular weight excluding hydrogens is 432 g/mol. The van der Waals surface area contributed by atoms with E-state index in [2.05, 4.69) is 13.2 Å². The van der Waals surface area contributed by atoms with E-state index in [0.717, 1.165) is 0 Å². The standard InChI is InChI=1S/C27H30N2O5/c1-5-17-33-21-11-7-19(8-12-21)24-23(26(31)27(32)29(24)16-15-28(3)4)25(30)20-9-13-22(14-10-20)34-18-6-2/h5-14,24,30H,1-2,15-18H2,3-4H3/b25-23+. The lowest BCUT2D eigenvalue weighted by molar-refractivity contribution is -0.140. The number of ether oxygens (including phenoxy) is 2. The molecule has 1 saturated heterocycles. The van der Waals surface area contributed by atoms with Crippen molar-refractivity contribution in [3.8, 4) is 11.5 Å². The molecule has 178 valence electrons. The SMILES string of the molecule is C=CCOc1ccc(/C(O)=C2\C(=O)C(=O)N(CCN(C)C)C2c2ccc(OCC=C)cc2)cc1. The molecule has 1 atom stereocenters. The van der Waals surface area contributed by atoms with Crippen LogP contribution in [0.5, 0.6) is 11.5 Å². The maximum atomic E-state index is 13.1. The minimum Gasteiger partial charge on any atom is -0.507 e. The summed E-state index contributed by atoms with van der Waals surface area (Å²) >= 11 is 0. The number of aliphatic hydroxyl groups excluding tert-OH is 1. The Morgan fingerprint density at radius 3 is 2.00 bits per heavy atom. The Morgan fingerprint density at radius 1 is 0.971 bits per heavy atom. The van der Waals surface area contributed by atoms with Gasteiger partial charge in [0, 0.05) is 18.7 Å². The summed E-state index contributed by atoms with van der Waals surface area (Å²) in [5.74, 6) is -0.317. The largest absolute Gasteiger partial charge is 0.507 e. The molecular formula is C27H30N2O5. The predicted molar refractivity (Wildman–Crippen MR) is 132 cm³/mol. The summed E-state index contributed by atoms with van der Waals surface area (Å²) in [6.07, 6.45) is 3.29. The molecule has 1 aliphatic heterocycles. The monoisotopic (exact) mass is 462 g/mol. The Hall–Kier alpha value is -3.84. The van der Waals surface area contributed by atoms with Crippen LogP contribution in [0.2, 0.25) is 0 Å². The molecule has 1 unspecified atom stereocenters. The van der Waals surface area contributed by atoms with Crippen LogP contribution in [0.3, 0.4) is 0 Å². The minimum absolute atomic E-state index is 0.0586. The fourth-order valence-corrected chi connectivity index (χ4v) is 3.69. The minimum atomic E-state index is -0.718. The number of amides is 1. The summed E-state index contributed by atoms with van der Waals surface area (Å²) in [5, 5.41) is 11.1. The molecule has 34 heavy (non-hydrogen) atoms. The van der Waals surface area contributed by atoms with Gasteiger partial charge >= 0.3 is 0 Å². The molecule has 0 radical (unpaired) electrons. The number of Topliss-reactive ketones (excluding diaryl/α,β-unsaturated/α-hetero) is 1. The molecule has 1 aliphatic rings. The van der Waals surface area contributed by atoms with Crippen molar-refractivity contribution in [2.45, 2.75) is 6.04 Å². The Kier molecular flexibility index (Phi) is 8.27. The molecule has 7 nitrogen and oxygen atoms in total. The summed E-state index contributed by atoms with van der Waals surface area (Å²) in [6, 6.07) is 13.1. The van der Waals surface area contributed by atoms with E-state index in [9.17, 15) is 14.7 Å². The second-order valence-electron chi connectivity index (χ2n) is 8.09. The lowest BCUT2D eigenvalue weighted by Gasteiger charge is -2.26. The number of aliphatic hydroxyl groups is 1. The third-order valence-electron chi connectivity index (χ3n) is 5.39. The average molecular weight is 463 g/mol. The normalized spacial score (nSPS) is 17.1. The van der Waals surface area contributed by atoms with E-state index >= 15 is 0 Å². The highest BCUT2D eigenvalue weighted by atomic mass is 16.5.